The van der Waals surface area contributed by atoms with Gasteiger partial charge in [-0.05, 0) is 6.42 Å². The molecule has 0 aliphatic heterocycles. The monoisotopic (exact) mass is 202 g/mol. The van der Waals surface area contributed by atoms with Gasteiger partial charge in [0, 0.05) is 6.61 Å². The Kier molecular flexibility index (Phi) is 8.13. The molecule has 1 N–H and O–H groups in total. The number of carboxylic acids is 1. The van der Waals surface area contributed by atoms with E-state index in [1.54, 1.807) is 0 Å². The first-order chi connectivity index (χ1) is 6.66. The Morgan fingerprint density at radius 1 is 1.21 bits per heavy atom. The summed E-state index contributed by atoms with van der Waals surface area (Å²) in [5.74, 6) is -1.46. The smallest absolute Gasteiger partial charge is 0.310 e. The maximum absolute atomic E-state index is 10.8. The van der Waals surface area contributed by atoms with E-state index in [0.29, 0.717) is 6.61 Å². The first kappa shape index (κ1) is 13.1. The van der Waals surface area contributed by atoms with Crippen LogP contribution in [0.1, 0.15) is 39.0 Å². The lowest BCUT2D eigenvalue weighted by atomic mass is 10.2. The van der Waals surface area contributed by atoms with E-state index in [-0.39, 0.29) is 12.4 Å². The molecule has 0 spiro atoms. The van der Waals surface area contributed by atoms with Gasteiger partial charge in [0.05, 0.1) is 0 Å². The molecule has 0 radical (unpaired) electrons. The second kappa shape index (κ2) is 8.69. The van der Waals surface area contributed by atoms with Crippen LogP contribution in [0, 0.1) is 0 Å². The van der Waals surface area contributed by atoms with Crippen molar-refractivity contribution in [3.63, 3.8) is 0 Å². The van der Waals surface area contributed by atoms with Gasteiger partial charge in [0.15, 0.2) is 5.78 Å². The molecular weight excluding hydrogens is 184 g/mol. The van der Waals surface area contributed by atoms with Crippen LogP contribution >= 0.6 is 0 Å². The third-order valence-corrected chi connectivity index (χ3v) is 1.75. The Hall–Kier alpha value is -0.900. The molecule has 0 aliphatic carbocycles. The predicted molar refractivity (Wildman–Crippen MR) is 52.2 cm³/mol. The normalized spacial score (nSPS) is 10.1. The van der Waals surface area contributed by atoms with E-state index < -0.39 is 12.4 Å². The van der Waals surface area contributed by atoms with E-state index >= 15 is 0 Å². The molecule has 0 amide bonds. The van der Waals surface area contributed by atoms with Crippen molar-refractivity contribution in [2.75, 3.05) is 13.2 Å². The largest absolute Gasteiger partial charge is 0.481 e. The van der Waals surface area contributed by atoms with Gasteiger partial charge in [0.25, 0.3) is 0 Å². The number of ketones is 1. The van der Waals surface area contributed by atoms with Crippen molar-refractivity contribution >= 4 is 11.8 Å². The molecule has 0 atom stereocenters. The van der Waals surface area contributed by atoms with E-state index in [1.807, 2.05) is 0 Å². The van der Waals surface area contributed by atoms with Crippen LogP contribution < -0.4 is 0 Å². The Balaban J connectivity index is 3.19. The van der Waals surface area contributed by atoms with E-state index in [2.05, 4.69) is 6.92 Å². The van der Waals surface area contributed by atoms with Gasteiger partial charge in [-0.15, -0.1) is 0 Å². The van der Waals surface area contributed by atoms with Gasteiger partial charge in [0.1, 0.15) is 13.0 Å². The Morgan fingerprint density at radius 3 is 2.50 bits per heavy atom. The fourth-order valence-electron chi connectivity index (χ4n) is 1.04. The summed E-state index contributed by atoms with van der Waals surface area (Å²) in [6.45, 7) is 2.60. The topological polar surface area (TPSA) is 63.6 Å². The second-order valence-corrected chi connectivity index (χ2v) is 3.22. The average Bonchev–Trinajstić information content (AvgIpc) is 2.10. The number of carbonyl (C=O) groups is 2. The van der Waals surface area contributed by atoms with Crippen LogP contribution in [0.15, 0.2) is 0 Å². The molecule has 0 saturated heterocycles. The van der Waals surface area contributed by atoms with E-state index in [9.17, 15) is 9.59 Å². The number of carboxylic acid groups (broad SMARTS) is 1. The van der Waals surface area contributed by atoms with Crippen LogP contribution in [0.3, 0.4) is 0 Å². The Bertz CT molecular complexity index is 177. The minimum absolute atomic E-state index is 0.0710. The quantitative estimate of drug-likeness (QED) is 0.456. The fraction of sp³-hybridized carbons (Fsp3) is 0.800. The van der Waals surface area contributed by atoms with Crippen molar-refractivity contribution in [2.24, 2.45) is 0 Å². The molecule has 82 valence electrons. The maximum Gasteiger partial charge on any atom is 0.310 e. The summed E-state index contributed by atoms with van der Waals surface area (Å²) < 4.78 is 5.03. The highest BCUT2D eigenvalue weighted by atomic mass is 16.5. The predicted octanol–water partition coefficient (Wildman–Crippen LogP) is 1.63. The van der Waals surface area contributed by atoms with Crippen LogP contribution in [0.5, 0.6) is 0 Å². The highest BCUT2D eigenvalue weighted by molar-refractivity contribution is 5.95. The molecular formula is C10H18O4. The highest BCUT2D eigenvalue weighted by Crippen LogP contribution is 1.98. The summed E-state index contributed by atoms with van der Waals surface area (Å²) in [6.07, 6.45) is 3.94. The van der Waals surface area contributed by atoms with Crippen molar-refractivity contribution in [1.29, 1.82) is 0 Å². The van der Waals surface area contributed by atoms with Gasteiger partial charge in [-0.25, -0.2) is 0 Å². The standard InChI is InChI=1S/C10H18O4/c1-2-3-4-5-6-14-8-9(11)7-10(12)13/h2-8H2,1H3,(H,12,13). The van der Waals surface area contributed by atoms with Crippen LogP contribution in [0.25, 0.3) is 0 Å². The molecule has 0 bridgehead atoms. The van der Waals surface area contributed by atoms with Crippen molar-refractivity contribution in [2.45, 2.75) is 39.0 Å². The van der Waals surface area contributed by atoms with E-state index in [4.69, 9.17) is 9.84 Å². The van der Waals surface area contributed by atoms with Crippen LogP contribution in [-0.4, -0.2) is 30.1 Å². The SMILES string of the molecule is CCCCCCOCC(=O)CC(=O)O. The molecule has 0 aliphatic rings. The molecule has 4 nitrogen and oxygen atoms in total. The number of unbranched alkanes of at least 4 members (excludes halogenated alkanes) is 3. The van der Waals surface area contributed by atoms with Gasteiger partial charge in [0.2, 0.25) is 0 Å². The molecule has 0 unspecified atom stereocenters. The number of rotatable bonds is 9. The Morgan fingerprint density at radius 2 is 1.93 bits per heavy atom. The van der Waals surface area contributed by atoms with Crippen molar-refractivity contribution < 1.29 is 19.4 Å². The minimum Gasteiger partial charge on any atom is -0.481 e. The first-order valence-corrected chi connectivity index (χ1v) is 4.98. The summed E-state index contributed by atoms with van der Waals surface area (Å²) >= 11 is 0. The van der Waals surface area contributed by atoms with Gasteiger partial charge < -0.3 is 9.84 Å². The molecule has 0 fully saturated rings. The first-order valence-electron chi connectivity index (χ1n) is 4.98. The average molecular weight is 202 g/mol. The van der Waals surface area contributed by atoms with Gasteiger partial charge in [-0.3, -0.25) is 9.59 Å². The van der Waals surface area contributed by atoms with Gasteiger partial charge in [-0.1, -0.05) is 26.2 Å². The lowest BCUT2D eigenvalue weighted by Crippen LogP contribution is -2.13. The zero-order valence-corrected chi connectivity index (χ0v) is 8.62. The van der Waals surface area contributed by atoms with E-state index in [0.717, 1.165) is 19.3 Å². The molecule has 0 heterocycles. The number of hydrogen-bond donors (Lipinski definition) is 1. The van der Waals surface area contributed by atoms with Crippen molar-refractivity contribution in [3.05, 3.63) is 0 Å². The van der Waals surface area contributed by atoms with Gasteiger partial charge >= 0.3 is 5.97 Å². The summed E-state index contributed by atoms with van der Waals surface area (Å²) in [6, 6.07) is 0. The zero-order valence-electron chi connectivity index (χ0n) is 8.62. The highest BCUT2D eigenvalue weighted by Gasteiger charge is 2.06. The lowest BCUT2D eigenvalue weighted by molar-refractivity contribution is -0.141. The number of Topliss-reactive ketones (excluding diaryl/α,β-unsaturated/α-hetero) is 1. The zero-order chi connectivity index (χ0) is 10.8. The number of hydrogen-bond acceptors (Lipinski definition) is 3. The number of aliphatic carboxylic acids is 1. The molecule has 14 heavy (non-hydrogen) atoms. The molecule has 0 saturated carbocycles. The summed E-state index contributed by atoms with van der Waals surface area (Å²) in [5.41, 5.74) is 0. The fourth-order valence-corrected chi connectivity index (χ4v) is 1.04. The summed E-state index contributed by atoms with van der Waals surface area (Å²) in [4.78, 5) is 20.9. The Labute approximate surface area is 84.3 Å². The van der Waals surface area contributed by atoms with Gasteiger partial charge in [-0.2, -0.15) is 0 Å². The van der Waals surface area contributed by atoms with Crippen molar-refractivity contribution in [1.82, 2.24) is 0 Å². The van der Waals surface area contributed by atoms with E-state index in [1.165, 1.54) is 6.42 Å². The third kappa shape index (κ3) is 9.19. The van der Waals surface area contributed by atoms with Crippen molar-refractivity contribution in [3.8, 4) is 0 Å². The van der Waals surface area contributed by atoms with Crippen LogP contribution in [0.2, 0.25) is 0 Å². The minimum atomic E-state index is -1.09. The molecule has 0 rings (SSSR count). The van der Waals surface area contributed by atoms with Crippen LogP contribution in [0.4, 0.5) is 0 Å². The molecule has 0 aromatic carbocycles. The molecule has 0 aromatic heterocycles. The maximum atomic E-state index is 10.8. The lowest BCUT2D eigenvalue weighted by Gasteiger charge is -2.01. The number of carbonyl (C=O) groups excluding carboxylic acids is 1. The molecule has 0 aromatic rings. The number of ether oxygens (including phenoxy) is 1. The van der Waals surface area contributed by atoms with Crippen LogP contribution in [-0.2, 0) is 14.3 Å². The summed E-state index contributed by atoms with van der Waals surface area (Å²) in [5, 5.41) is 8.28. The summed E-state index contributed by atoms with van der Waals surface area (Å²) in [7, 11) is 0. The molecule has 4 heteroatoms. The third-order valence-electron chi connectivity index (χ3n) is 1.75. The second-order valence-electron chi connectivity index (χ2n) is 3.22.